The Bertz CT molecular complexity index is 1200. The fourth-order valence-corrected chi connectivity index (χ4v) is 4.64. The van der Waals surface area contributed by atoms with Crippen molar-refractivity contribution in [2.75, 3.05) is 13.1 Å². The minimum absolute atomic E-state index is 0.283. The Morgan fingerprint density at radius 3 is 2.62 bits per heavy atom. The summed E-state index contributed by atoms with van der Waals surface area (Å²) in [4.78, 5) is 19.5. The molecule has 0 unspecified atom stereocenters. The smallest absolute Gasteiger partial charge is 0.222 e. The molecule has 0 spiro atoms. The molecule has 0 atom stereocenters. The zero-order valence-electron chi connectivity index (χ0n) is 18.5. The SMILES string of the molecule is Cn1cc(-c2ccc3c(ccn3CC3CCN(C(=O)CCc4ccccc4)CC3)n2)cn1. The quantitative estimate of drug-likeness (QED) is 0.461. The Balaban J connectivity index is 1.17. The Labute approximate surface area is 188 Å². The largest absolute Gasteiger partial charge is 0.346 e. The molecule has 1 aliphatic rings. The lowest BCUT2D eigenvalue weighted by Crippen LogP contribution is -2.39. The standard InChI is InChI=1S/C26H29N5O/c1-29-19-22(17-27-29)23-8-9-25-24(28-23)13-16-31(25)18-21-11-14-30(15-12-21)26(32)10-7-20-5-3-2-4-6-20/h2-6,8-9,13,16-17,19,21H,7,10-12,14-15,18H2,1H3. The molecule has 0 aliphatic carbocycles. The molecular formula is C26H29N5O. The van der Waals surface area contributed by atoms with Crippen LogP contribution < -0.4 is 0 Å². The molecule has 6 heteroatoms. The molecule has 5 rings (SSSR count). The number of amides is 1. The van der Waals surface area contributed by atoms with Gasteiger partial charge in [-0.3, -0.25) is 9.48 Å². The lowest BCUT2D eigenvalue weighted by atomic mass is 9.96. The van der Waals surface area contributed by atoms with Crippen LogP contribution in [0.1, 0.15) is 24.8 Å². The summed E-state index contributed by atoms with van der Waals surface area (Å²) in [5.41, 5.74) is 5.39. The second-order valence-electron chi connectivity index (χ2n) is 8.78. The molecule has 0 radical (unpaired) electrons. The first kappa shape index (κ1) is 20.5. The lowest BCUT2D eigenvalue weighted by molar-refractivity contribution is -0.132. The molecule has 0 N–H and O–H groups in total. The van der Waals surface area contributed by atoms with Crippen molar-refractivity contribution in [1.82, 2.24) is 24.2 Å². The third-order valence-electron chi connectivity index (χ3n) is 6.52. The van der Waals surface area contributed by atoms with Crippen molar-refractivity contribution in [3.05, 3.63) is 72.7 Å². The van der Waals surface area contributed by atoms with Crippen LogP contribution in [0.25, 0.3) is 22.3 Å². The van der Waals surface area contributed by atoms with E-state index < -0.39 is 0 Å². The van der Waals surface area contributed by atoms with Crippen LogP contribution in [0.5, 0.6) is 0 Å². The predicted octanol–water partition coefficient (Wildman–Crippen LogP) is 4.31. The van der Waals surface area contributed by atoms with Gasteiger partial charge in [-0.2, -0.15) is 5.10 Å². The summed E-state index contributed by atoms with van der Waals surface area (Å²) in [6.45, 7) is 2.70. The number of aryl methyl sites for hydroxylation is 2. The molecule has 3 aromatic heterocycles. The van der Waals surface area contributed by atoms with E-state index in [0.29, 0.717) is 12.3 Å². The van der Waals surface area contributed by atoms with Gasteiger partial charge < -0.3 is 9.47 Å². The van der Waals surface area contributed by atoms with Gasteiger partial charge in [0.25, 0.3) is 0 Å². The highest BCUT2D eigenvalue weighted by molar-refractivity contribution is 5.79. The van der Waals surface area contributed by atoms with E-state index in [1.165, 1.54) is 11.1 Å². The van der Waals surface area contributed by atoms with E-state index in [-0.39, 0.29) is 5.91 Å². The van der Waals surface area contributed by atoms with Crippen molar-refractivity contribution in [2.24, 2.45) is 13.0 Å². The van der Waals surface area contributed by atoms with Crippen molar-refractivity contribution >= 4 is 16.9 Å². The Kier molecular flexibility index (Phi) is 5.75. The van der Waals surface area contributed by atoms with Gasteiger partial charge >= 0.3 is 0 Å². The number of carbonyl (C=O) groups is 1. The van der Waals surface area contributed by atoms with Crippen LogP contribution in [0.15, 0.2) is 67.1 Å². The molecule has 1 amide bonds. The minimum Gasteiger partial charge on any atom is -0.346 e. The molecule has 1 aliphatic heterocycles. The number of hydrogen-bond donors (Lipinski definition) is 0. The minimum atomic E-state index is 0.283. The van der Waals surface area contributed by atoms with Crippen molar-refractivity contribution in [1.29, 1.82) is 0 Å². The first-order chi connectivity index (χ1) is 15.7. The highest BCUT2D eigenvalue weighted by Gasteiger charge is 2.23. The van der Waals surface area contributed by atoms with Crippen LogP contribution in [0, 0.1) is 5.92 Å². The molecule has 1 fully saturated rings. The number of piperidine rings is 1. The first-order valence-corrected chi connectivity index (χ1v) is 11.4. The summed E-state index contributed by atoms with van der Waals surface area (Å²) in [7, 11) is 1.92. The Morgan fingerprint density at radius 1 is 1.06 bits per heavy atom. The number of carbonyl (C=O) groups excluding carboxylic acids is 1. The number of pyridine rings is 1. The van der Waals surface area contributed by atoms with E-state index >= 15 is 0 Å². The molecule has 4 heterocycles. The lowest BCUT2D eigenvalue weighted by Gasteiger charge is -2.32. The average molecular weight is 428 g/mol. The van der Waals surface area contributed by atoms with Gasteiger partial charge in [0.05, 0.1) is 22.9 Å². The van der Waals surface area contributed by atoms with Crippen LogP contribution in [-0.4, -0.2) is 43.2 Å². The molecular weight excluding hydrogens is 398 g/mol. The van der Waals surface area contributed by atoms with Crippen LogP contribution in [-0.2, 0) is 24.8 Å². The molecule has 4 aromatic rings. The number of benzene rings is 1. The van der Waals surface area contributed by atoms with Crippen molar-refractivity contribution in [3.63, 3.8) is 0 Å². The monoisotopic (exact) mass is 427 g/mol. The number of hydrogen-bond acceptors (Lipinski definition) is 3. The third-order valence-corrected chi connectivity index (χ3v) is 6.52. The first-order valence-electron chi connectivity index (χ1n) is 11.4. The van der Waals surface area contributed by atoms with E-state index in [1.54, 1.807) is 4.68 Å². The van der Waals surface area contributed by atoms with Gasteiger partial charge in [-0.15, -0.1) is 0 Å². The maximum atomic E-state index is 12.6. The van der Waals surface area contributed by atoms with Gasteiger partial charge in [-0.25, -0.2) is 4.98 Å². The van der Waals surface area contributed by atoms with Crippen molar-refractivity contribution < 1.29 is 4.79 Å². The second-order valence-corrected chi connectivity index (χ2v) is 8.78. The summed E-state index contributed by atoms with van der Waals surface area (Å²) in [6.07, 6.45) is 9.50. The zero-order chi connectivity index (χ0) is 21.9. The molecule has 1 aromatic carbocycles. The molecule has 32 heavy (non-hydrogen) atoms. The average Bonchev–Trinajstić information content (AvgIpc) is 3.44. The zero-order valence-corrected chi connectivity index (χ0v) is 18.5. The summed E-state index contributed by atoms with van der Waals surface area (Å²) in [5, 5.41) is 4.24. The number of rotatable bonds is 6. The summed E-state index contributed by atoms with van der Waals surface area (Å²) < 4.78 is 4.11. The Morgan fingerprint density at radius 2 is 1.88 bits per heavy atom. The van der Waals surface area contributed by atoms with Gasteiger partial charge in [-0.05, 0) is 48.9 Å². The van der Waals surface area contributed by atoms with E-state index in [4.69, 9.17) is 4.98 Å². The van der Waals surface area contributed by atoms with Crippen LogP contribution >= 0.6 is 0 Å². The topological polar surface area (TPSA) is 56.0 Å². The van der Waals surface area contributed by atoms with Crippen LogP contribution in [0.3, 0.4) is 0 Å². The molecule has 6 nitrogen and oxygen atoms in total. The Hall–Kier alpha value is -3.41. The fraction of sp³-hybridized carbons (Fsp3) is 0.346. The predicted molar refractivity (Wildman–Crippen MR) is 126 cm³/mol. The third kappa shape index (κ3) is 4.44. The van der Waals surface area contributed by atoms with E-state index in [1.807, 2.05) is 37.6 Å². The molecule has 164 valence electrons. The summed E-state index contributed by atoms with van der Waals surface area (Å²) in [6, 6.07) is 16.6. The van der Waals surface area contributed by atoms with Gasteiger partial charge in [0.2, 0.25) is 5.91 Å². The van der Waals surface area contributed by atoms with Crippen LogP contribution in [0.4, 0.5) is 0 Å². The highest BCUT2D eigenvalue weighted by Crippen LogP contribution is 2.25. The van der Waals surface area contributed by atoms with Gasteiger partial charge in [0.15, 0.2) is 0 Å². The number of likely N-dealkylation sites (tertiary alicyclic amines) is 1. The van der Waals surface area contributed by atoms with Crippen molar-refractivity contribution in [2.45, 2.75) is 32.2 Å². The summed E-state index contributed by atoms with van der Waals surface area (Å²) in [5.74, 6) is 0.868. The van der Waals surface area contributed by atoms with E-state index in [9.17, 15) is 4.79 Å². The summed E-state index contributed by atoms with van der Waals surface area (Å²) >= 11 is 0. The molecule has 0 bridgehead atoms. The molecule has 0 saturated carbocycles. The maximum Gasteiger partial charge on any atom is 0.222 e. The van der Waals surface area contributed by atoms with E-state index in [2.05, 4.69) is 51.1 Å². The van der Waals surface area contributed by atoms with Crippen LogP contribution in [0.2, 0.25) is 0 Å². The van der Waals surface area contributed by atoms with E-state index in [0.717, 1.165) is 55.7 Å². The van der Waals surface area contributed by atoms with Gasteiger partial charge in [-0.1, -0.05) is 30.3 Å². The van der Waals surface area contributed by atoms with Gasteiger partial charge in [0.1, 0.15) is 0 Å². The second kappa shape index (κ2) is 8.99. The fourth-order valence-electron chi connectivity index (χ4n) is 4.64. The van der Waals surface area contributed by atoms with Gasteiger partial charge in [0, 0.05) is 51.1 Å². The normalized spacial score (nSPS) is 14.8. The number of nitrogens with zero attached hydrogens (tertiary/aromatic N) is 5. The highest BCUT2D eigenvalue weighted by atomic mass is 16.2. The maximum absolute atomic E-state index is 12.6. The molecule has 1 saturated heterocycles. The van der Waals surface area contributed by atoms with Crippen molar-refractivity contribution in [3.8, 4) is 11.3 Å². The number of aromatic nitrogens is 4. The number of fused-ring (bicyclic) bond motifs is 1.